The van der Waals surface area contributed by atoms with Gasteiger partial charge in [-0.1, -0.05) is 0 Å². The Kier molecular flexibility index (Phi) is 3.28. The highest BCUT2D eigenvalue weighted by Gasteiger charge is 2.11. The molecule has 0 fully saturated rings. The van der Waals surface area contributed by atoms with Gasteiger partial charge < -0.3 is 10.3 Å². The van der Waals surface area contributed by atoms with Gasteiger partial charge in [0.1, 0.15) is 10.3 Å². The second-order valence-electron chi connectivity index (χ2n) is 3.71. The second kappa shape index (κ2) is 4.70. The Morgan fingerprint density at radius 2 is 2.35 bits per heavy atom. The fourth-order valence-electron chi connectivity index (χ4n) is 1.44. The van der Waals surface area contributed by atoms with E-state index in [4.69, 9.17) is 0 Å². The van der Waals surface area contributed by atoms with Crippen molar-refractivity contribution in [3.8, 4) is 0 Å². The Bertz CT molecular complexity index is 576. The van der Waals surface area contributed by atoms with Gasteiger partial charge in [0.15, 0.2) is 0 Å². The lowest BCUT2D eigenvalue weighted by Gasteiger charge is -2.13. The van der Waals surface area contributed by atoms with E-state index in [1.165, 1.54) is 6.33 Å². The van der Waals surface area contributed by atoms with E-state index in [-0.39, 0.29) is 11.6 Å². The Morgan fingerprint density at radius 3 is 3.00 bits per heavy atom. The van der Waals surface area contributed by atoms with Gasteiger partial charge in [-0.05, 0) is 22.9 Å². The van der Waals surface area contributed by atoms with Crippen molar-refractivity contribution in [1.29, 1.82) is 0 Å². The molecule has 2 aromatic heterocycles. The minimum atomic E-state index is -0.208. The molecule has 0 aliphatic carbocycles. The molecule has 0 radical (unpaired) electrons. The van der Waals surface area contributed by atoms with E-state index < -0.39 is 0 Å². The van der Waals surface area contributed by atoms with Crippen molar-refractivity contribution < 1.29 is 0 Å². The second-order valence-corrected chi connectivity index (χ2v) is 4.50. The Balaban J connectivity index is 2.21. The highest BCUT2D eigenvalue weighted by Crippen LogP contribution is 2.20. The first kappa shape index (κ1) is 11.8. The van der Waals surface area contributed by atoms with E-state index in [1.54, 1.807) is 10.9 Å². The highest BCUT2D eigenvalue weighted by atomic mass is 79.9. The molecule has 0 spiro atoms. The number of aryl methyl sites for hydroxylation is 1. The summed E-state index contributed by atoms with van der Waals surface area (Å²) in [6.07, 6.45) is 5.06. The van der Waals surface area contributed by atoms with E-state index in [0.29, 0.717) is 10.3 Å². The lowest BCUT2D eigenvalue weighted by atomic mass is 10.2. The van der Waals surface area contributed by atoms with Crippen LogP contribution >= 0.6 is 15.9 Å². The minimum Gasteiger partial charge on any atom is -0.362 e. The fraction of sp³-hybridized carbons (Fsp3) is 0.300. The SMILES string of the molecule is CC(Nc1nc[nH]c(=O)c1Br)c1cnn(C)c1. The zero-order chi connectivity index (χ0) is 12.4. The van der Waals surface area contributed by atoms with Gasteiger partial charge in [-0.3, -0.25) is 9.48 Å². The summed E-state index contributed by atoms with van der Waals surface area (Å²) in [5.41, 5.74) is 0.822. The molecule has 2 rings (SSSR count). The predicted molar refractivity (Wildman–Crippen MR) is 67.8 cm³/mol. The van der Waals surface area contributed by atoms with E-state index in [2.05, 4.69) is 36.3 Å². The first-order valence-electron chi connectivity index (χ1n) is 5.06. The zero-order valence-corrected chi connectivity index (χ0v) is 11.0. The van der Waals surface area contributed by atoms with Crippen LogP contribution in [0.1, 0.15) is 18.5 Å². The lowest BCUT2D eigenvalue weighted by Crippen LogP contribution is -2.14. The molecule has 1 atom stereocenters. The van der Waals surface area contributed by atoms with Crippen LogP contribution < -0.4 is 10.9 Å². The van der Waals surface area contributed by atoms with Gasteiger partial charge in [-0.2, -0.15) is 5.10 Å². The molecule has 17 heavy (non-hydrogen) atoms. The average Bonchev–Trinajstić information content (AvgIpc) is 2.72. The lowest BCUT2D eigenvalue weighted by molar-refractivity contribution is 0.765. The van der Waals surface area contributed by atoms with Crippen LogP contribution in [0, 0.1) is 0 Å². The van der Waals surface area contributed by atoms with Crippen molar-refractivity contribution in [2.45, 2.75) is 13.0 Å². The van der Waals surface area contributed by atoms with Gasteiger partial charge in [0.25, 0.3) is 5.56 Å². The van der Waals surface area contributed by atoms with Crippen molar-refractivity contribution in [3.05, 3.63) is 39.1 Å². The average molecular weight is 298 g/mol. The first-order chi connectivity index (χ1) is 8.08. The third-order valence-electron chi connectivity index (χ3n) is 2.37. The molecule has 0 amide bonds. The molecule has 2 aromatic rings. The number of H-pyrrole nitrogens is 1. The quantitative estimate of drug-likeness (QED) is 0.899. The maximum Gasteiger partial charge on any atom is 0.267 e. The van der Waals surface area contributed by atoms with Gasteiger partial charge in [0.05, 0.1) is 18.6 Å². The maximum atomic E-state index is 11.4. The molecule has 0 aliphatic rings. The third-order valence-corrected chi connectivity index (χ3v) is 3.11. The molecule has 0 aromatic carbocycles. The van der Waals surface area contributed by atoms with Crippen molar-refractivity contribution in [2.75, 3.05) is 5.32 Å². The number of halogens is 1. The van der Waals surface area contributed by atoms with E-state index in [1.807, 2.05) is 20.2 Å². The summed E-state index contributed by atoms with van der Waals surface area (Å²) in [7, 11) is 1.86. The summed E-state index contributed by atoms with van der Waals surface area (Å²) < 4.78 is 2.13. The smallest absolute Gasteiger partial charge is 0.267 e. The molecule has 0 aliphatic heterocycles. The number of rotatable bonds is 3. The van der Waals surface area contributed by atoms with Crippen LogP contribution in [0.25, 0.3) is 0 Å². The number of hydrogen-bond donors (Lipinski definition) is 2. The van der Waals surface area contributed by atoms with Crippen LogP contribution in [0.3, 0.4) is 0 Å². The largest absolute Gasteiger partial charge is 0.362 e. The number of nitrogens with one attached hydrogen (secondary N) is 2. The van der Waals surface area contributed by atoms with Crippen molar-refractivity contribution in [2.24, 2.45) is 7.05 Å². The number of anilines is 1. The molecule has 1 unspecified atom stereocenters. The zero-order valence-electron chi connectivity index (χ0n) is 9.44. The van der Waals surface area contributed by atoms with Gasteiger partial charge >= 0.3 is 0 Å². The normalized spacial score (nSPS) is 12.4. The van der Waals surface area contributed by atoms with Crippen LogP contribution in [0.4, 0.5) is 5.82 Å². The summed E-state index contributed by atoms with van der Waals surface area (Å²) in [4.78, 5) is 17.9. The molecule has 2 N–H and O–H groups in total. The number of aromatic nitrogens is 4. The molecule has 2 heterocycles. The van der Waals surface area contributed by atoms with E-state index in [9.17, 15) is 4.79 Å². The topological polar surface area (TPSA) is 75.6 Å². The van der Waals surface area contributed by atoms with Crippen LogP contribution in [0.15, 0.2) is 28.0 Å². The summed E-state index contributed by atoms with van der Waals surface area (Å²) >= 11 is 3.20. The Morgan fingerprint density at radius 1 is 1.59 bits per heavy atom. The molecule has 90 valence electrons. The van der Waals surface area contributed by atoms with Gasteiger partial charge in [0.2, 0.25) is 0 Å². The fourth-order valence-corrected chi connectivity index (χ4v) is 1.77. The summed E-state index contributed by atoms with van der Waals surface area (Å²) in [6, 6.07) is 0.0225. The maximum absolute atomic E-state index is 11.4. The van der Waals surface area contributed by atoms with Gasteiger partial charge in [-0.25, -0.2) is 4.98 Å². The van der Waals surface area contributed by atoms with Crippen molar-refractivity contribution in [1.82, 2.24) is 19.7 Å². The van der Waals surface area contributed by atoms with Crippen LogP contribution in [0.5, 0.6) is 0 Å². The summed E-state index contributed by atoms with van der Waals surface area (Å²) in [5, 5.41) is 7.25. The number of nitrogens with zero attached hydrogens (tertiary/aromatic N) is 3. The summed E-state index contributed by atoms with van der Waals surface area (Å²) in [6.45, 7) is 1.98. The Hall–Kier alpha value is -1.63. The van der Waals surface area contributed by atoms with Crippen molar-refractivity contribution in [3.63, 3.8) is 0 Å². The Labute approximate surface area is 106 Å². The summed E-state index contributed by atoms with van der Waals surface area (Å²) in [5.74, 6) is 0.519. The van der Waals surface area contributed by atoms with Gasteiger partial charge in [0, 0.05) is 18.8 Å². The molecule has 6 nitrogen and oxygen atoms in total. The number of hydrogen-bond acceptors (Lipinski definition) is 4. The van der Waals surface area contributed by atoms with Crippen molar-refractivity contribution >= 4 is 21.7 Å². The van der Waals surface area contributed by atoms with E-state index >= 15 is 0 Å². The highest BCUT2D eigenvalue weighted by molar-refractivity contribution is 9.10. The number of aromatic amines is 1. The molecular formula is C10H12BrN5O. The first-order valence-corrected chi connectivity index (χ1v) is 5.85. The third kappa shape index (κ3) is 2.55. The standard InChI is InChI=1S/C10H12BrN5O/c1-6(7-3-14-16(2)4-7)15-9-8(11)10(17)13-5-12-9/h3-6H,1-2H3,(H2,12,13,15,17). The van der Waals surface area contributed by atoms with Crippen LogP contribution in [0.2, 0.25) is 0 Å². The van der Waals surface area contributed by atoms with Crippen LogP contribution in [-0.2, 0) is 7.05 Å². The van der Waals surface area contributed by atoms with Gasteiger partial charge in [-0.15, -0.1) is 0 Å². The van der Waals surface area contributed by atoms with E-state index in [0.717, 1.165) is 5.56 Å². The molecule has 0 saturated heterocycles. The molecule has 0 bridgehead atoms. The monoisotopic (exact) mass is 297 g/mol. The minimum absolute atomic E-state index is 0.0225. The molecular weight excluding hydrogens is 286 g/mol. The van der Waals surface area contributed by atoms with Crippen LogP contribution in [-0.4, -0.2) is 19.7 Å². The predicted octanol–water partition coefficient (Wildman–Crippen LogP) is 1.44. The molecule has 0 saturated carbocycles. The molecule has 7 heteroatoms.